The van der Waals surface area contributed by atoms with Gasteiger partial charge >= 0.3 is 5.97 Å². The Hall–Kier alpha value is -3.19. The van der Waals surface area contributed by atoms with Gasteiger partial charge in [0, 0.05) is 17.8 Å². The van der Waals surface area contributed by atoms with Crippen LogP contribution >= 0.6 is 0 Å². The predicted octanol–water partition coefficient (Wildman–Crippen LogP) is 3.28. The summed E-state index contributed by atoms with van der Waals surface area (Å²) in [5.74, 6) is -0.493. The van der Waals surface area contributed by atoms with Crippen LogP contribution in [-0.4, -0.2) is 27.8 Å². The monoisotopic (exact) mass is 366 g/mol. The number of rotatable bonds is 7. The number of nitrogens with one attached hydrogen (secondary N) is 1. The lowest BCUT2D eigenvalue weighted by Crippen LogP contribution is -2.35. The summed E-state index contributed by atoms with van der Waals surface area (Å²) in [6.07, 6.45) is 0.535. The molecule has 27 heavy (non-hydrogen) atoms. The Morgan fingerprint density at radius 3 is 2.63 bits per heavy atom. The molecule has 1 heterocycles. The highest BCUT2D eigenvalue weighted by Crippen LogP contribution is 2.28. The Morgan fingerprint density at radius 1 is 1.22 bits per heavy atom. The van der Waals surface area contributed by atoms with E-state index in [9.17, 15) is 9.90 Å². The van der Waals surface area contributed by atoms with Crippen molar-refractivity contribution in [3.63, 3.8) is 0 Å². The fraction of sp³-hybridized carbons (Fsp3) is 0.250. The van der Waals surface area contributed by atoms with E-state index in [-0.39, 0.29) is 11.5 Å². The molecule has 140 valence electrons. The molecule has 1 aromatic heterocycles. The van der Waals surface area contributed by atoms with E-state index in [1.165, 1.54) is 6.07 Å². The number of hydrogen-bond donors (Lipinski definition) is 3. The zero-order valence-electron chi connectivity index (χ0n) is 15.3. The van der Waals surface area contributed by atoms with Crippen molar-refractivity contribution in [2.75, 3.05) is 11.9 Å². The third-order valence-electron chi connectivity index (χ3n) is 4.14. The van der Waals surface area contributed by atoms with Gasteiger partial charge < -0.3 is 20.6 Å². The van der Waals surface area contributed by atoms with Crippen LogP contribution in [0.5, 0.6) is 0 Å². The van der Waals surface area contributed by atoms with Gasteiger partial charge in [-0.1, -0.05) is 30.3 Å². The number of hydrogen-bond acceptors (Lipinski definition) is 6. The summed E-state index contributed by atoms with van der Waals surface area (Å²) in [4.78, 5) is 11.4. The topological polar surface area (TPSA) is 114 Å². The number of aromatic nitrogens is 2. The van der Waals surface area contributed by atoms with Crippen LogP contribution in [0.1, 0.15) is 35.7 Å². The molecule has 0 aliphatic heterocycles. The minimum absolute atomic E-state index is 0.142. The Bertz CT molecular complexity index is 935. The maximum Gasteiger partial charge on any atom is 0.335 e. The quantitative estimate of drug-likeness (QED) is 0.588. The molecule has 0 spiro atoms. The average Bonchev–Trinajstić information content (AvgIpc) is 3.13. The maximum atomic E-state index is 11.4. The number of nitrogens with zero attached hydrogens (tertiary/aromatic N) is 2. The molecule has 1 atom stereocenters. The number of carboxylic acids is 1. The van der Waals surface area contributed by atoms with Crippen molar-refractivity contribution >= 4 is 11.7 Å². The molecule has 0 aliphatic rings. The van der Waals surface area contributed by atoms with Gasteiger partial charge in [0.15, 0.2) is 0 Å². The summed E-state index contributed by atoms with van der Waals surface area (Å²) in [6, 6.07) is 14.7. The Kier molecular flexibility index (Phi) is 5.23. The third-order valence-corrected chi connectivity index (χ3v) is 4.14. The molecule has 7 nitrogen and oxygen atoms in total. The lowest BCUT2D eigenvalue weighted by atomic mass is 9.94. The molecule has 0 saturated heterocycles. The number of anilines is 1. The molecule has 0 radical (unpaired) electrons. The minimum atomic E-state index is -1.02. The minimum Gasteiger partial charge on any atom is -0.478 e. The highest BCUT2D eigenvalue weighted by molar-refractivity contribution is 5.90. The smallest absolute Gasteiger partial charge is 0.335 e. The Morgan fingerprint density at radius 2 is 1.96 bits per heavy atom. The first-order chi connectivity index (χ1) is 12.9. The van der Waals surface area contributed by atoms with Gasteiger partial charge in [0.2, 0.25) is 11.8 Å². The van der Waals surface area contributed by atoms with Crippen molar-refractivity contribution in [2.24, 2.45) is 5.73 Å². The van der Waals surface area contributed by atoms with Gasteiger partial charge in [-0.25, -0.2) is 4.79 Å². The summed E-state index contributed by atoms with van der Waals surface area (Å²) in [5.41, 5.74) is 7.97. The van der Waals surface area contributed by atoms with Crippen LogP contribution in [0.15, 0.2) is 52.9 Å². The normalized spacial score (nSPS) is 13.1. The average molecular weight is 366 g/mol. The standard InChI is InChI=1S/C20H22N4O3/c1-3-22-16-10-14(9-15(11-16)18(25)26)17-23-24-19(27-17)20(2,21)12-13-7-5-4-6-8-13/h4-11,22H,3,12,21H2,1-2H3,(H,25,26)/t20-/m1/s1. The zero-order valence-corrected chi connectivity index (χ0v) is 15.3. The van der Waals surface area contributed by atoms with E-state index in [2.05, 4.69) is 15.5 Å². The molecule has 3 aromatic rings. The number of carboxylic acid groups (broad SMARTS) is 1. The largest absolute Gasteiger partial charge is 0.478 e. The van der Waals surface area contributed by atoms with Crippen molar-refractivity contribution in [2.45, 2.75) is 25.8 Å². The first kappa shape index (κ1) is 18.6. The lowest BCUT2D eigenvalue weighted by molar-refractivity contribution is 0.0697. The first-order valence-corrected chi connectivity index (χ1v) is 8.68. The van der Waals surface area contributed by atoms with Crippen molar-refractivity contribution in [1.29, 1.82) is 0 Å². The van der Waals surface area contributed by atoms with Crippen molar-refractivity contribution in [1.82, 2.24) is 10.2 Å². The molecule has 2 aromatic carbocycles. The molecule has 0 fully saturated rings. The highest BCUT2D eigenvalue weighted by Gasteiger charge is 2.29. The van der Waals surface area contributed by atoms with Crippen molar-refractivity contribution in [3.05, 3.63) is 65.5 Å². The number of aromatic carboxylic acids is 1. The SMILES string of the molecule is CCNc1cc(C(=O)O)cc(-c2nnc([C@](C)(N)Cc3ccccc3)o2)c1. The summed E-state index contributed by atoms with van der Waals surface area (Å²) in [6.45, 7) is 4.42. The number of carbonyl (C=O) groups is 1. The number of benzene rings is 2. The highest BCUT2D eigenvalue weighted by atomic mass is 16.4. The van der Waals surface area contributed by atoms with E-state index in [0.29, 0.717) is 30.1 Å². The van der Waals surface area contributed by atoms with E-state index >= 15 is 0 Å². The molecule has 0 amide bonds. The van der Waals surface area contributed by atoms with E-state index in [4.69, 9.17) is 10.2 Å². The summed E-state index contributed by atoms with van der Waals surface area (Å²) in [5, 5.41) is 20.6. The van der Waals surface area contributed by atoms with E-state index in [1.54, 1.807) is 12.1 Å². The second-order valence-electron chi connectivity index (χ2n) is 6.63. The molecule has 3 rings (SSSR count). The van der Waals surface area contributed by atoms with Gasteiger partial charge in [0.25, 0.3) is 0 Å². The maximum absolute atomic E-state index is 11.4. The molecule has 7 heteroatoms. The fourth-order valence-electron chi connectivity index (χ4n) is 2.85. The van der Waals surface area contributed by atoms with Crippen LogP contribution in [0.4, 0.5) is 5.69 Å². The van der Waals surface area contributed by atoms with Gasteiger partial charge in [-0.2, -0.15) is 0 Å². The zero-order chi connectivity index (χ0) is 19.4. The fourth-order valence-corrected chi connectivity index (χ4v) is 2.85. The van der Waals surface area contributed by atoms with Crippen molar-refractivity contribution < 1.29 is 14.3 Å². The Balaban J connectivity index is 1.92. The lowest BCUT2D eigenvalue weighted by Gasteiger charge is -2.20. The number of nitrogens with two attached hydrogens (primary N) is 1. The van der Waals surface area contributed by atoms with Crippen LogP contribution in [0.25, 0.3) is 11.5 Å². The molecule has 0 bridgehead atoms. The van der Waals surface area contributed by atoms with Crippen LogP contribution < -0.4 is 11.1 Å². The van der Waals surface area contributed by atoms with Gasteiger partial charge in [-0.05, 0) is 44.0 Å². The molecule has 0 unspecified atom stereocenters. The summed E-state index contributed by atoms with van der Waals surface area (Å²) >= 11 is 0. The molecule has 0 saturated carbocycles. The van der Waals surface area contributed by atoms with Crippen LogP contribution in [0.2, 0.25) is 0 Å². The van der Waals surface area contributed by atoms with E-state index in [0.717, 1.165) is 5.56 Å². The Labute approximate surface area is 157 Å². The first-order valence-electron chi connectivity index (χ1n) is 8.68. The summed E-state index contributed by atoms with van der Waals surface area (Å²) < 4.78 is 5.81. The van der Waals surface area contributed by atoms with E-state index < -0.39 is 11.5 Å². The molecular weight excluding hydrogens is 344 g/mol. The molecule has 0 aliphatic carbocycles. The third kappa shape index (κ3) is 4.32. The second-order valence-corrected chi connectivity index (χ2v) is 6.63. The molecule has 4 N–H and O–H groups in total. The molecular formula is C20H22N4O3. The van der Waals surface area contributed by atoms with Crippen LogP contribution in [-0.2, 0) is 12.0 Å². The van der Waals surface area contributed by atoms with Gasteiger partial charge in [-0.15, -0.1) is 10.2 Å². The van der Waals surface area contributed by atoms with Crippen LogP contribution in [0.3, 0.4) is 0 Å². The van der Waals surface area contributed by atoms with E-state index in [1.807, 2.05) is 44.2 Å². The van der Waals surface area contributed by atoms with Crippen molar-refractivity contribution in [3.8, 4) is 11.5 Å². The van der Waals surface area contributed by atoms with Gasteiger partial charge in [0.05, 0.1) is 11.1 Å². The van der Waals surface area contributed by atoms with Gasteiger partial charge in [-0.3, -0.25) is 0 Å². The predicted molar refractivity (Wildman–Crippen MR) is 103 cm³/mol. The second kappa shape index (κ2) is 7.59. The van der Waals surface area contributed by atoms with Gasteiger partial charge in [0.1, 0.15) is 0 Å². The van der Waals surface area contributed by atoms with Crippen LogP contribution in [0, 0.1) is 0 Å². The summed E-state index contributed by atoms with van der Waals surface area (Å²) in [7, 11) is 0.